The molecule has 116 valence electrons. The fraction of sp³-hybridized carbons (Fsp3) is 0.667. The number of hydrogen-bond donors (Lipinski definition) is 1. The molecule has 0 amide bonds. The molecule has 0 radical (unpaired) electrons. The van der Waals surface area contributed by atoms with E-state index in [4.69, 9.17) is 5.73 Å². The Morgan fingerprint density at radius 1 is 1.24 bits per heavy atom. The highest BCUT2D eigenvalue weighted by atomic mass is 15.2. The number of nitrogens with two attached hydrogens (primary N) is 1. The first kappa shape index (κ1) is 14.9. The molecule has 3 rings (SSSR count). The molecule has 21 heavy (non-hydrogen) atoms. The van der Waals surface area contributed by atoms with E-state index in [1.807, 2.05) is 6.07 Å². The molecule has 2 aliphatic rings. The van der Waals surface area contributed by atoms with Crippen molar-refractivity contribution in [3.63, 3.8) is 0 Å². The Bertz CT molecular complexity index is 460. The lowest BCUT2D eigenvalue weighted by molar-refractivity contribution is 0.0383. The fourth-order valence-electron chi connectivity index (χ4n) is 4.19. The first-order valence-electron chi connectivity index (χ1n) is 8.49. The van der Waals surface area contributed by atoms with Crippen molar-refractivity contribution in [3.05, 3.63) is 29.8 Å². The summed E-state index contributed by atoms with van der Waals surface area (Å²) in [6.07, 6.45) is 6.57. The summed E-state index contributed by atoms with van der Waals surface area (Å²) in [7, 11) is 2.31. The van der Waals surface area contributed by atoms with Crippen LogP contribution in [-0.4, -0.2) is 49.1 Å². The van der Waals surface area contributed by atoms with E-state index in [0.29, 0.717) is 0 Å². The Labute approximate surface area is 129 Å². The number of aryl methyl sites for hydroxylation is 1. The quantitative estimate of drug-likeness (QED) is 0.864. The molecule has 0 bridgehead atoms. The molecule has 3 heteroatoms. The first-order chi connectivity index (χ1) is 10.2. The van der Waals surface area contributed by atoms with Crippen molar-refractivity contribution in [1.82, 2.24) is 9.80 Å². The van der Waals surface area contributed by atoms with Gasteiger partial charge in [-0.3, -0.25) is 0 Å². The van der Waals surface area contributed by atoms with Gasteiger partial charge in [0.15, 0.2) is 0 Å². The maximum atomic E-state index is 5.84. The summed E-state index contributed by atoms with van der Waals surface area (Å²) in [5.41, 5.74) is 8.11. The summed E-state index contributed by atoms with van der Waals surface area (Å²) in [6.45, 7) is 5.13. The zero-order valence-corrected chi connectivity index (χ0v) is 13.3. The topological polar surface area (TPSA) is 32.5 Å². The predicted molar refractivity (Wildman–Crippen MR) is 89.4 cm³/mol. The van der Waals surface area contributed by atoms with E-state index in [2.05, 4.69) is 35.0 Å². The average Bonchev–Trinajstić information content (AvgIpc) is 2.47. The third kappa shape index (κ3) is 3.78. The van der Waals surface area contributed by atoms with Crippen LogP contribution in [0.1, 0.15) is 31.2 Å². The standard InChI is InChI=1S/C18H29N3/c1-20-10-4-7-16-14-21(12-9-18(16)20)11-3-6-15-5-2-8-17(19)13-15/h2,5,8,13,16,18H,3-4,6-7,9-12,14,19H2,1H3. The third-order valence-electron chi connectivity index (χ3n) is 5.32. The Balaban J connectivity index is 1.44. The summed E-state index contributed by atoms with van der Waals surface area (Å²) in [5.74, 6) is 0.907. The minimum atomic E-state index is 0.851. The summed E-state index contributed by atoms with van der Waals surface area (Å²) < 4.78 is 0. The molecule has 2 aliphatic heterocycles. The average molecular weight is 287 g/mol. The molecule has 0 spiro atoms. The highest BCUT2D eigenvalue weighted by molar-refractivity contribution is 5.40. The smallest absolute Gasteiger partial charge is 0.0316 e. The SMILES string of the molecule is CN1CCCC2CN(CCCc3cccc(N)c3)CCC21. The van der Waals surface area contributed by atoms with Crippen LogP contribution in [0.3, 0.4) is 0 Å². The Hall–Kier alpha value is -1.06. The van der Waals surface area contributed by atoms with Gasteiger partial charge in [0, 0.05) is 18.3 Å². The Morgan fingerprint density at radius 3 is 3.00 bits per heavy atom. The van der Waals surface area contributed by atoms with Gasteiger partial charge in [-0.1, -0.05) is 12.1 Å². The lowest BCUT2D eigenvalue weighted by Crippen LogP contribution is -2.52. The second-order valence-electron chi connectivity index (χ2n) is 6.89. The molecule has 0 aromatic heterocycles. The van der Waals surface area contributed by atoms with E-state index in [9.17, 15) is 0 Å². The summed E-state index contributed by atoms with van der Waals surface area (Å²) >= 11 is 0. The van der Waals surface area contributed by atoms with Gasteiger partial charge >= 0.3 is 0 Å². The number of nitrogens with zero attached hydrogens (tertiary/aromatic N) is 2. The molecular formula is C18H29N3. The Kier molecular flexibility index (Phi) is 4.81. The number of hydrogen-bond acceptors (Lipinski definition) is 3. The number of likely N-dealkylation sites (tertiary alicyclic amines) is 2. The van der Waals surface area contributed by atoms with Crippen LogP contribution in [0.5, 0.6) is 0 Å². The van der Waals surface area contributed by atoms with Crippen molar-refractivity contribution in [2.45, 2.75) is 38.1 Å². The number of rotatable bonds is 4. The number of fused-ring (bicyclic) bond motifs is 1. The zero-order chi connectivity index (χ0) is 14.7. The van der Waals surface area contributed by atoms with Crippen LogP contribution in [0.4, 0.5) is 5.69 Å². The number of benzene rings is 1. The summed E-state index contributed by atoms with van der Waals surface area (Å²) in [5, 5.41) is 0. The molecule has 2 saturated heterocycles. The van der Waals surface area contributed by atoms with Crippen molar-refractivity contribution in [2.24, 2.45) is 5.92 Å². The van der Waals surface area contributed by atoms with Crippen molar-refractivity contribution in [1.29, 1.82) is 0 Å². The van der Waals surface area contributed by atoms with Gasteiger partial charge in [-0.2, -0.15) is 0 Å². The highest BCUT2D eigenvalue weighted by Crippen LogP contribution is 2.29. The van der Waals surface area contributed by atoms with Gasteiger partial charge in [-0.15, -0.1) is 0 Å². The van der Waals surface area contributed by atoms with Gasteiger partial charge in [0.2, 0.25) is 0 Å². The molecule has 0 aliphatic carbocycles. The van der Waals surface area contributed by atoms with Crippen molar-refractivity contribution < 1.29 is 0 Å². The molecule has 0 saturated carbocycles. The van der Waals surface area contributed by atoms with Crippen molar-refractivity contribution in [3.8, 4) is 0 Å². The van der Waals surface area contributed by atoms with Crippen molar-refractivity contribution >= 4 is 5.69 Å². The van der Waals surface area contributed by atoms with Crippen LogP contribution < -0.4 is 5.73 Å². The lowest BCUT2D eigenvalue weighted by atomic mass is 9.84. The second kappa shape index (κ2) is 6.80. The molecule has 2 heterocycles. The number of nitrogen functional groups attached to an aromatic ring is 1. The van der Waals surface area contributed by atoms with E-state index in [-0.39, 0.29) is 0 Å². The van der Waals surface area contributed by atoms with Crippen molar-refractivity contribution in [2.75, 3.05) is 39.0 Å². The van der Waals surface area contributed by atoms with Gasteiger partial charge in [0.1, 0.15) is 0 Å². The fourth-order valence-corrected chi connectivity index (χ4v) is 4.19. The highest BCUT2D eigenvalue weighted by Gasteiger charge is 2.33. The van der Waals surface area contributed by atoms with E-state index < -0.39 is 0 Å². The molecule has 2 atom stereocenters. The molecule has 2 N–H and O–H groups in total. The van der Waals surface area contributed by atoms with Crippen LogP contribution >= 0.6 is 0 Å². The molecule has 2 unspecified atom stereocenters. The summed E-state index contributed by atoms with van der Waals surface area (Å²) in [6, 6.07) is 9.19. The maximum absolute atomic E-state index is 5.84. The zero-order valence-electron chi connectivity index (χ0n) is 13.3. The normalized spacial score (nSPS) is 27.5. The van der Waals surface area contributed by atoms with Gasteiger partial charge < -0.3 is 15.5 Å². The van der Waals surface area contributed by atoms with Crippen LogP contribution in [-0.2, 0) is 6.42 Å². The van der Waals surface area contributed by atoms with E-state index in [1.54, 1.807) is 0 Å². The number of anilines is 1. The Morgan fingerprint density at radius 2 is 2.14 bits per heavy atom. The monoisotopic (exact) mass is 287 g/mol. The predicted octanol–water partition coefficient (Wildman–Crippen LogP) is 2.62. The molecular weight excluding hydrogens is 258 g/mol. The minimum Gasteiger partial charge on any atom is -0.399 e. The van der Waals surface area contributed by atoms with E-state index >= 15 is 0 Å². The third-order valence-corrected chi connectivity index (χ3v) is 5.32. The molecule has 1 aromatic rings. The summed E-state index contributed by atoms with van der Waals surface area (Å²) in [4.78, 5) is 5.28. The first-order valence-corrected chi connectivity index (χ1v) is 8.49. The van der Waals surface area contributed by atoms with Gasteiger partial charge in [0.05, 0.1) is 0 Å². The van der Waals surface area contributed by atoms with Gasteiger partial charge in [-0.25, -0.2) is 0 Å². The maximum Gasteiger partial charge on any atom is 0.0316 e. The minimum absolute atomic E-state index is 0.851. The number of piperidine rings is 2. The second-order valence-corrected chi connectivity index (χ2v) is 6.89. The van der Waals surface area contributed by atoms with E-state index in [0.717, 1.165) is 24.1 Å². The van der Waals surface area contributed by atoms with Crippen LogP contribution in [0, 0.1) is 5.92 Å². The lowest BCUT2D eigenvalue weighted by Gasteiger charge is -2.46. The molecule has 2 fully saturated rings. The largest absolute Gasteiger partial charge is 0.399 e. The van der Waals surface area contributed by atoms with Gasteiger partial charge in [0.25, 0.3) is 0 Å². The van der Waals surface area contributed by atoms with E-state index in [1.165, 1.54) is 57.4 Å². The molecule has 1 aromatic carbocycles. The van der Waals surface area contributed by atoms with Gasteiger partial charge in [-0.05, 0) is 82.4 Å². The van der Waals surface area contributed by atoms with Crippen LogP contribution in [0.2, 0.25) is 0 Å². The van der Waals surface area contributed by atoms with Crippen LogP contribution in [0.25, 0.3) is 0 Å². The van der Waals surface area contributed by atoms with Crippen LogP contribution in [0.15, 0.2) is 24.3 Å². The molecule has 3 nitrogen and oxygen atoms in total.